The van der Waals surface area contributed by atoms with E-state index in [0.29, 0.717) is 49.8 Å². The maximum atomic E-state index is 11.5. The molecule has 1 atom stereocenters. The first-order valence-corrected chi connectivity index (χ1v) is 11.4. The van der Waals surface area contributed by atoms with Crippen molar-refractivity contribution in [3.63, 3.8) is 0 Å². The molecule has 1 aliphatic heterocycles. The fourth-order valence-corrected chi connectivity index (χ4v) is 4.49. The Morgan fingerprint density at radius 3 is 2.26 bits per heavy atom. The monoisotopic (exact) mass is 462 g/mol. The SMILES string of the molecule is COc1cc(C(c2cccnc2)N2CCC(C(=O)O)CC2)cc(OC)c1OCc1ccccc1. The van der Waals surface area contributed by atoms with Gasteiger partial charge in [0.15, 0.2) is 11.5 Å². The van der Waals surface area contributed by atoms with Gasteiger partial charge in [-0.05, 0) is 60.8 Å². The normalized spacial score (nSPS) is 15.5. The van der Waals surface area contributed by atoms with Crippen molar-refractivity contribution >= 4 is 5.97 Å². The number of aromatic nitrogens is 1. The van der Waals surface area contributed by atoms with E-state index in [1.165, 1.54) is 0 Å². The van der Waals surface area contributed by atoms with Crippen molar-refractivity contribution in [1.82, 2.24) is 9.88 Å². The summed E-state index contributed by atoms with van der Waals surface area (Å²) in [5, 5.41) is 9.42. The third kappa shape index (κ3) is 5.31. The highest BCUT2D eigenvalue weighted by Crippen LogP contribution is 2.43. The molecule has 4 rings (SSSR count). The predicted molar refractivity (Wildman–Crippen MR) is 128 cm³/mol. The smallest absolute Gasteiger partial charge is 0.306 e. The molecular weight excluding hydrogens is 432 g/mol. The van der Waals surface area contributed by atoms with Gasteiger partial charge in [0.25, 0.3) is 0 Å². The summed E-state index contributed by atoms with van der Waals surface area (Å²) < 4.78 is 17.6. The van der Waals surface area contributed by atoms with Crippen LogP contribution >= 0.6 is 0 Å². The van der Waals surface area contributed by atoms with Gasteiger partial charge in [-0.2, -0.15) is 0 Å². The summed E-state index contributed by atoms with van der Waals surface area (Å²) in [7, 11) is 3.23. The van der Waals surface area contributed by atoms with Crippen LogP contribution in [0.5, 0.6) is 17.2 Å². The van der Waals surface area contributed by atoms with E-state index < -0.39 is 5.97 Å². The van der Waals surface area contributed by atoms with Gasteiger partial charge in [0.2, 0.25) is 5.75 Å². The zero-order valence-electron chi connectivity index (χ0n) is 19.5. The molecule has 0 amide bonds. The molecule has 1 saturated heterocycles. The van der Waals surface area contributed by atoms with Gasteiger partial charge in [0.05, 0.1) is 26.2 Å². The molecule has 1 aliphatic rings. The van der Waals surface area contributed by atoms with E-state index in [4.69, 9.17) is 14.2 Å². The highest BCUT2D eigenvalue weighted by atomic mass is 16.5. The standard InChI is InChI=1S/C27H30N2O5/c1-32-23-15-22(16-24(33-2)26(23)34-18-19-7-4-3-5-8-19)25(21-9-6-12-28-17-21)29-13-10-20(11-14-29)27(30)31/h3-9,12,15-17,20,25H,10-11,13-14,18H2,1-2H3,(H,30,31). The number of benzene rings is 2. The molecule has 178 valence electrons. The van der Waals surface area contributed by atoms with Crippen molar-refractivity contribution in [2.45, 2.75) is 25.5 Å². The van der Waals surface area contributed by atoms with Crippen molar-refractivity contribution in [3.8, 4) is 17.2 Å². The van der Waals surface area contributed by atoms with Gasteiger partial charge in [-0.15, -0.1) is 0 Å². The van der Waals surface area contributed by atoms with Crippen LogP contribution in [0.3, 0.4) is 0 Å². The first-order valence-electron chi connectivity index (χ1n) is 11.4. The molecule has 3 aromatic rings. The number of hydrogen-bond donors (Lipinski definition) is 1. The van der Waals surface area contributed by atoms with Crippen molar-refractivity contribution in [3.05, 3.63) is 83.7 Å². The van der Waals surface area contributed by atoms with Crippen LogP contribution in [0.4, 0.5) is 0 Å². The minimum atomic E-state index is -0.721. The summed E-state index contributed by atoms with van der Waals surface area (Å²) in [5.74, 6) is 0.691. The van der Waals surface area contributed by atoms with Crippen molar-refractivity contribution < 1.29 is 24.1 Å². The molecule has 1 N–H and O–H groups in total. The number of methoxy groups -OCH3 is 2. The number of pyridine rings is 1. The van der Waals surface area contributed by atoms with Crippen LogP contribution < -0.4 is 14.2 Å². The van der Waals surface area contributed by atoms with Gasteiger partial charge in [0.1, 0.15) is 6.61 Å². The van der Waals surface area contributed by atoms with E-state index >= 15 is 0 Å². The second kappa shape index (κ2) is 11.0. The maximum Gasteiger partial charge on any atom is 0.306 e. The Morgan fingerprint density at radius 1 is 1.03 bits per heavy atom. The minimum Gasteiger partial charge on any atom is -0.493 e. The molecule has 1 unspecified atom stereocenters. The third-order valence-corrected chi connectivity index (χ3v) is 6.27. The van der Waals surface area contributed by atoms with E-state index in [1.54, 1.807) is 20.4 Å². The first-order chi connectivity index (χ1) is 16.6. The molecule has 1 aromatic heterocycles. The van der Waals surface area contributed by atoms with Gasteiger partial charge in [-0.25, -0.2) is 0 Å². The number of rotatable bonds is 9. The Balaban J connectivity index is 1.68. The molecule has 1 fully saturated rings. The number of piperidine rings is 1. The highest BCUT2D eigenvalue weighted by Gasteiger charge is 2.31. The van der Waals surface area contributed by atoms with Crippen molar-refractivity contribution in [2.24, 2.45) is 5.92 Å². The number of carbonyl (C=O) groups is 1. The number of aliphatic carboxylic acids is 1. The number of carboxylic acid groups (broad SMARTS) is 1. The van der Waals surface area contributed by atoms with Crippen LogP contribution in [0.2, 0.25) is 0 Å². The van der Waals surface area contributed by atoms with Crippen LogP contribution in [0.15, 0.2) is 67.0 Å². The van der Waals surface area contributed by atoms with Gasteiger partial charge < -0.3 is 19.3 Å². The summed E-state index contributed by atoms with van der Waals surface area (Å²) in [4.78, 5) is 18.1. The lowest BCUT2D eigenvalue weighted by Crippen LogP contribution is -2.39. The number of carboxylic acids is 1. The molecule has 0 saturated carbocycles. The van der Waals surface area contributed by atoms with E-state index in [2.05, 4.69) is 9.88 Å². The van der Waals surface area contributed by atoms with Gasteiger partial charge >= 0.3 is 5.97 Å². The number of ether oxygens (including phenoxy) is 3. The molecule has 2 aromatic carbocycles. The lowest BCUT2D eigenvalue weighted by Gasteiger charge is -2.37. The van der Waals surface area contributed by atoms with Crippen LogP contribution in [0.25, 0.3) is 0 Å². The summed E-state index contributed by atoms with van der Waals surface area (Å²) >= 11 is 0. The van der Waals surface area contributed by atoms with Crippen molar-refractivity contribution in [1.29, 1.82) is 0 Å². The lowest BCUT2D eigenvalue weighted by molar-refractivity contribution is -0.143. The molecule has 7 nitrogen and oxygen atoms in total. The van der Waals surface area contributed by atoms with E-state index in [1.807, 2.05) is 60.8 Å². The van der Waals surface area contributed by atoms with Crippen LogP contribution in [0.1, 0.15) is 35.6 Å². The molecule has 0 radical (unpaired) electrons. The fourth-order valence-electron chi connectivity index (χ4n) is 4.49. The number of nitrogens with zero attached hydrogens (tertiary/aromatic N) is 2. The first kappa shape index (κ1) is 23.6. The summed E-state index contributed by atoms with van der Waals surface area (Å²) in [6.07, 6.45) is 4.82. The van der Waals surface area contributed by atoms with Gasteiger partial charge in [-0.1, -0.05) is 36.4 Å². The van der Waals surface area contributed by atoms with E-state index in [-0.39, 0.29) is 12.0 Å². The topological polar surface area (TPSA) is 81.1 Å². The summed E-state index contributed by atoms with van der Waals surface area (Å²) in [6.45, 7) is 1.74. The van der Waals surface area contributed by atoms with Crippen LogP contribution in [-0.2, 0) is 11.4 Å². The summed E-state index contributed by atoms with van der Waals surface area (Å²) in [5.41, 5.74) is 3.05. The molecule has 0 bridgehead atoms. The van der Waals surface area contributed by atoms with Crippen LogP contribution in [-0.4, -0.2) is 48.3 Å². The molecule has 0 aliphatic carbocycles. The number of hydrogen-bond acceptors (Lipinski definition) is 6. The lowest BCUT2D eigenvalue weighted by atomic mass is 9.91. The number of likely N-dealkylation sites (tertiary alicyclic amines) is 1. The second-order valence-corrected chi connectivity index (χ2v) is 8.37. The Morgan fingerprint density at radius 2 is 1.71 bits per heavy atom. The average Bonchev–Trinajstić information content (AvgIpc) is 2.89. The quantitative estimate of drug-likeness (QED) is 0.499. The Hall–Kier alpha value is -3.58. The predicted octanol–water partition coefficient (Wildman–Crippen LogP) is 4.56. The van der Waals surface area contributed by atoms with E-state index in [9.17, 15) is 9.90 Å². The van der Waals surface area contributed by atoms with Crippen LogP contribution in [0, 0.1) is 5.92 Å². The minimum absolute atomic E-state index is 0.116. The largest absolute Gasteiger partial charge is 0.493 e. The maximum absolute atomic E-state index is 11.5. The molecule has 34 heavy (non-hydrogen) atoms. The van der Waals surface area contributed by atoms with Gasteiger partial charge in [0, 0.05) is 12.4 Å². The molecule has 7 heteroatoms. The Labute approximate surface area is 199 Å². The Kier molecular flexibility index (Phi) is 7.65. The zero-order chi connectivity index (χ0) is 23.9. The highest BCUT2D eigenvalue weighted by molar-refractivity contribution is 5.70. The molecular formula is C27H30N2O5. The zero-order valence-corrected chi connectivity index (χ0v) is 19.5. The third-order valence-electron chi connectivity index (χ3n) is 6.27. The van der Waals surface area contributed by atoms with Crippen molar-refractivity contribution in [2.75, 3.05) is 27.3 Å². The second-order valence-electron chi connectivity index (χ2n) is 8.37. The Bertz CT molecular complexity index is 1060. The van der Waals surface area contributed by atoms with E-state index in [0.717, 1.165) is 16.7 Å². The summed E-state index contributed by atoms with van der Waals surface area (Å²) in [6, 6.07) is 17.7. The fraction of sp³-hybridized carbons (Fsp3) is 0.333. The molecule has 2 heterocycles. The molecule has 0 spiro atoms. The van der Waals surface area contributed by atoms with Gasteiger partial charge in [-0.3, -0.25) is 14.7 Å². The average molecular weight is 463 g/mol.